The normalized spacial score (nSPS) is 29.0. The SMILES string of the molecule is CC1(S(=O)(=O)NC(=O)[C@@]23C[C@H]2/C=C\CCCCC[C@H](Nc2ccccc2)C(=O)N2C[C@H](Oc4cnc5ccccc5n4)C[C@H]2C(=O)N3)CC1. The molecule has 4 aliphatic rings. The van der Waals surface area contributed by atoms with Crippen molar-refractivity contribution >= 4 is 44.5 Å². The number of carbonyl (C=O) groups is 3. The average Bonchev–Trinajstić information content (AvgIpc) is 3.97. The number of fused-ring (bicyclic) bond motifs is 3. The summed E-state index contributed by atoms with van der Waals surface area (Å²) >= 11 is 0. The quantitative estimate of drug-likeness (QED) is 0.314. The molecule has 2 aliphatic heterocycles. The lowest BCUT2D eigenvalue weighted by atomic mass is 10.0. The smallest absolute Gasteiger partial charge is 0.259 e. The highest BCUT2D eigenvalue weighted by molar-refractivity contribution is 7.91. The molecule has 258 valence electrons. The molecule has 1 saturated heterocycles. The van der Waals surface area contributed by atoms with Gasteiger partial charge in [0.1, 0.15) is 23.7 Å². The zero-order valence-electron chi connectivity index (χ0n) is 27.5. The van der Waals surface area contributed by atoms with Crippen LogP contribution in [-0.4, -0.2) is 76.0 Å². The van der Waals surface area contributed by atoms with E-state index in [2.05, 4.69) is 25.3 Å². The molecule has 2 saturated carbocycles. The zero-order valence-corrected chi connectivity index (χ0v) is 28.3. The standard InChI is InChI=1S/C36H42N6O6S/c1-35(18-19-35)49(46,47)41-34(45)36-21-24(36)12-6-3-2-4-9-17-29(38-25-13-7-5-8-14-25)33(44)42-23-26(20-30(42)32(43)40-36)48-31-22-37-27-15-10-11-16-28(27)39-31/h5-8,10-16,22,24,26,29-30,38H,2-4,9,17-21,23H2,1H3,(H,40,43)(H,41,45)/b12-6-/t24-,26-,29+,30+,36-/m1/s1. The first-order valence-electron chi connectivity index (χ1n) is 17.1. The number of hydrogen-bond acceptors (Lipinski definition) is 9. The van der Waals surface area contributed by atoms with E-state index in [1.165, 1.54) is 11.1 Å². The van der Waals surface area contributed by atoms with E-state index in [1.807, 2.05) is 66.7 Å². The second-order valence-electron chi connectivity index (χ2n) is 14.0. The van der Waals surface area contributed by atoms with Gasteiger partial charge in [-0.2, -0.15) is 0 Å². The van der Waals surface area contributed by atoms with Crippen LogP contribution in [0.5, 0.6) is 5.88 Å². The molecule has 1 aromatic heterocycles. The summed E-state index contributed by atoms with van der Waals surface area (Å²) in [5.41, 5.74) is 0.728. The van der Waals surface area contributed by atoms with Gasteiger partial charge in [-0.3, -0.25) is 19.1 Å². The van der Waals surface area contributed by atoms with Gasteiger partial charge >= 0.3 is 0 Å². The molecule has 12 nitrogen and oxygen atoms in total. The minimum Gasteiger partial charge on any atom is -0.471 e. The van der Waals surface area contributed by atoms with E-state index < -0.39 is 50.3 Å². The Hall–Kier alpha value is -4.52. The Morgan fingerprint density at radius 3 is 2.55 bits per heavy atom. The van der Waals surface area contributed by atoms with Gasteiger partial charge in [0.2, 0.25) is 27.7 Å². The summed E-state index contributed by atoms with van der Waals surface area (Å²) in [6.45, 7) is 1.73. The number of benzene rings is 2. The van der Waals surface area contributed by atoms with Crippen LogP contribution in [0.4, 0.5) is 5.69 Å². The molecular formula is C36H42N6O6S. The summed E-state index contributed by atoms with van der Waals surface area (Å²) in [6.07, 6.45) is 10.1. The fourth-order valence-corrected chi connectivity index (χ4v) is 8.16. The lowest BCUT2D eigenvalue weighted by molar-refractivity contribution is -0.140. The maximum Gasteiger partial charge on any atom is 0.259 e. The Kier molecular flexibility index (Phi) is 8.80. The summed E-state index contributed by atoms with van der Waals surface area (Å²) in [7, 11) is -3.93. The Morgan fingerprint density at radius 1 is 1.02 bits per heavy atom. The van der Waals surface area contributed by atoms with Crippen LogP contribution in [0, 0.1) is 5.92 Å². The lowest BCUT2D eigenvalue weighted by Gasteiger charge is -2.30. The number of ether oxygens (including phenoxy) is 1. The zero-order chi connectivity index (χ0) is 34.2. The number of hydrogen-bond donors (Lipinski definition) is 3. The number of sulfonamides is 1. The highest BCUT2D eigenvalue weighted by atomic mass is 32.2. The summed E-state index contributed by atoms with van der Waals surface area (Å²) in [5, 5.41) is 6.32. The van der Waals surface area contributed by atoms with Crippen molar-refractivity contribution in [2.24, 2.45) is 5.92 Å². The lowest BCUT2D eigenvalue weighted by Crippen LogP contribution is -2.58. The number of anilines is 1. The second-order valence-corrected chi connectivity index (χ2v) is 16.2. The van der Waals surface area contributed by atoms with Crippen LogP contribution in [0.2, 0.25) is 0 Å². The highest BCUT2D eigenvalue weighted by Gasteiger charge is 2.63. The average molecular weight is 687 g/mol. The van der Waals surface area contributed by atoms with Crippen molar-refractivity contribution in [1.29, 1.82) is 0 Å². The van der Waals surface area contributed by atoms with E-state index >= 15 is 0 Å². The fraction of sp³-hybridized carbons (Fsp3) is 0.472. The molecule has 3 N–H and O–H groups in total. The second kappa shape index (κ2) is 13.1. The predicted molar refractivity (Wildman–Crippen MR) is 184 cm³/mol. The number of aromatic nitrogens is 2. The molecule has 0 unspecified atom stereocenters. The van der Waals surface area contributed by atoms with Crippen molar-refractivity contribution in [2.75, 3.05) is 11.9 Å². The summed E-state index contributed by atoms with van der Waals surface area (Å²) in [4.78, 5) is 53.0. The Balaban J connectivity index is 1.18. The van der Waals surface area contributed by atoms with Crippen molar-refractivity contribution in [2.45, 2.75) is 93.2 Å². The minimum absolute atomic E-state index is 0.119. The first-order valence-corrected chi connectivity index (χ1v) is 18.6. The van der Waals surface area contributed by atoms with Crippen LogP contribution in [0.15, 0.2) is 72.9 Å². The molecule has 0 bridgehead atoms. The molecule has 3 aromatic rings. The maximum atomic E-state index is 14.4. The number of nitrogens with zero attached hydrogens (tertiary/aromatic N) is 3. The third-order valence-corrected chi connectivity index (χ3v) is 12.5. The van der Waals surface area contributed by atoms with E-state index in [0.717, 1.165) is 31.4 Å². The molecule has 2 aliphatic carbocycles. The molecule has 13 heteroatoms. The summed E-state index contributed by atoms with van der Waals surface area (Å²) in [5.74, 6) is -1.62. The van der Waals surface area contributed by atoms with E-state index in [0.29, 0.717) is 30.3 Å². The Bertz CT molecular complexity index is 1880. The fourth-order valence-electron chi connectivity index (χ4n) is 6.85. The first-order chi connectivity index (χ1) is 23.6. The van der Waals surface area contributed by atoms with Crippen LogP contribution in [-0.2, 0) is 24.4 Å². The van der Waals surface area contributed by atoms with Crippen molar-refractivity contribution in [3.8, 4) is 5.88 Å². The van der Waals surface area contributed by atoms with Crippen molar-refractivity contribution in [3.05, 3.63) is 72.9 Å². The maximum absolute atomic E-state index is 14.4. The molecule has 49 heavy (non-hydrogen) atoms. The third kappa shape index (κ3) is 6.85. The van der Waals surface area contributed by atoms with Gasteiger partial charge in [-0.25, -0.2) is 18.4 Å². The molecule has 3 amide bonds. The van der Waals surface area contributed by atoms with Gasteiger partial charge < -0.3 is 20.3 Å². The Morgan fingerprint density at radius 2 is 1.78 bits per heavy atom. The van der Waals surface area contributed by atoms with Gasteiger partial charge in [-0.1, -0.05) is 55.3 Å². The monoisotopic (exact) mass is 686 g/mol. The van der Waals surface area contributed by atoms with Crippen LogP contribution in [0.3, 0.4) is 0 Å². The van der Waals surface area contributed by atoms with Gasteiger partial charge in [0, 0.05) is 18.0 Å². The molecule has 3 heterocycles. The number of carbonyl (C=O) groups excluding carboxylic acids is 3. The van der Waals surface area contributed by atoms with Crippen LogP contribution >= 0.6 is 0 Å². The Labute approximate surface area is 286 Å². The van der Waals surface area contributed by atoms with Gasteiger partial charge in [-0.05, 0) is 69.7 Å². The van der Waals surface area contributed by atoms with Gasteiger partial charge in [0.05, 0.1) is 28.5 Å². The molecule has 7 rings (SSSR count). The molecule has 2 aromatic carbocycles. The summed E-state index contributed by atoms with van der Waals surface area (Å²) < 4.78 is 33.7. The van der Waals surface area contributed by atoms with Gasteiger partial charge in [0.25, 0.3) is 5.91 Å². The number of amides is 3. The van der Waals surface area contributed by atoms with Crippen molar-refractivity contribution in [1.82, 2.24) is 24.9 Å². The topological polar surface area (TPSA) is 160 Å². The summed E-state index contributed by atoms with van der Waals surface area (Å²) in [6, 6.07) is 15.3. The van der Waals surface area contributed by atoms with E-state index in [-0.39, 0.29) is 37.1 Å². The number of allylic oxidation sites excluding steroid dienone is 1. The molecule has 0 radical (unpaired) electrons. The first kappa shape index (κ1) is 33.0. The molecule has 3 fully saturated rings. The minimum atomic E-state index is -3.93. The van der Waals surface area contributed by atoms with Gasteiger partial charge in [-0.15, -0.1) is 0 Å². The predicted octanol–water partition coefficient (Wildman–Crippen LogP) is 3.85. The van der Waals surface area contributed by atoms with Crippen LogP contribution in [0.25, 0.3) is 11.0 Å². The molecular weight excluding hydrogens is 644 g/mol. The third-order valence-electron chi connectivity index (χ3n) is 10.3. The van der Waals surface area contributed by atoms with E-state index in [4.69, 9.17) is 4.74 Å². The van der Waals surface area contributed by atoms with Crippen molar-refractivity contribution < 1.29 is 27.5 Å². The highest BCUT2D eigenvalue weighted by Crippen LogP contribution is 2.47. The van der Waals surface area contributed by atoms with Crippen LogP contribution in [0.1, 0.15) is 64.7 Å². The van der Waals surface area contributed by atoms with Crippen LogP contribution < -0.4 is 20.1 Å². The van der Waals surface area contributed by atoms with E-state index in [9.17, 15) is 22.8 Å². The largest absolute Gasteiger partial charge is 0.471 e. The van der Waals surface area contributed by atoms with Crippen molar-refractivity contribution in [3.63, 3.8) is 0 Å². The molecule has 5 atom stereocenters. The van der Waals surface area contributed by atoms with E-state index in [1.54, 1.807) is 6.92 Å². The molecule has 0 spiro atoms. The number of nitrogens with one attached hydrogen (secondary N) is 3. The number of para-hydroxylation sites is 3. The number of rotatable bonds is 7. The van der Waals surface area contributed by atoms with Gasteiger partial charge in [0.15, 0.2) is 0 Å².